The molecule has 0 bridgehead atoms. The second-order valence-corrected chi connectivity index (χ2v) is 7.32. The van der Waals surface area contributed by atoms with Gasteiger partial charge in [0.05, 0.1) is 31.6 Å². The summed E-state index contributed by atoms with van der Waals surface area (Å²) < 4.78 is 10.6. The zero-order chi connectivity index (χ0) is 17.0. The number of ether oxygens (including phenoxy) is 2. The van der Waals surface area contributed by atoms with Gasteiger partial charge in [-0.05, 0) is 24.5 Å². The van der Waals surface area contributed by atoms with E-state index in [1.54, 1.807) is 6.26 Å². The van der Waals surface area contributed by atoms with Crippen LogP contribution in [0.25, 0.3) is 10.9 Å². The Morgan fingerprint density at radius 3 is 3.12 bits per heavy atom. The van der Waals surface area contributed by atoms with Crippen molar-refractivity contribution in [2.24, 2.45) is 11.8 Å². The van der Waals surface area contributed by atoms with Gasteiger partial charge in [-0.25, -0.2) is 4.79 Å². The number of aromatic amines is 1. The quantitative estimate of drug-likeness (QED) is 0.813. The average molecular weight is 338 g/mol. The molecule has 1 aromatic carbocycles. The molecule has 3 aliphatic heterocycles. The predicted octanol–water partition coefficient (Wildman–Crippen LogP) is 2.79. The van der Waals surface area contributed by atoms with Gasteiger partial charge >= 0.3 is 5.97 Å². The standard InChI is InChI=1S/C20H22N2O3/c1-24-20(23)16-11-25-10-12-9-22-7-6-14-13-4-2-3-5-17(13)21-19(14)18(22)8-15(12)16/h2-5,11-12,15,18,21H,6-10H2,1H3/t12-,15-,18+/m1/s1. The Kier molecular flexibility index (Phi) is 3.38. The number of aromatic nitrogens is 1. The van der Waals surface area contributed by atoms with Crippen molar-refractivity contribution in [3.8, 4) is 0 Å². The van der Waals surface area contributed by atoms with Crippen molar-refractivity contribution in [3.63, 3.8) is 0 Å². The van der Waals surface area contributed by atoms with Crippen molar-refractivity contribution in [2.45, 2.75) is 18.9 Å². The number of carbonyl (C=O) groups is 1. The summed E-state index contributed by atoms with van der Waals surface area (Å²) in [6.45, 7) is 2.73. The Morgan fingerprint density at radius 2 is 2.24 bits per heavy atom. The van der Waals surface area contributed by atoms with Crippen LogP contribution in [-0.2, 0) is 20.7 Å². The van der Waals surface area contributed by atoms with Crippen LogP contribution in [0.4, 0.5) is 0 Å². The maximum atomic E-state index is 12.2. The minimum absolute atomic E-state index is 0.208. The number of hydrogen-bond acceptors (Lipinski definition) is 4. The number of rotatable bonds is 1. The lowest BCUT2D eigenvalue weighted by atomic mass is 9.74. The largest absolute Gasteiger partial charge is 0.500 e. The summed E-state index contributed by atoms with van der Waals surface area (Å²) in [7, 11) is 1.44. The molecule has 1 aromatic heterocycles. The van der Waals surface area contributed by atoms with Crippen LogP contribution in [-0.4, -0.2) is 42.7 Å². The minimum atomic E-state index is -0.254. The topological polar surface area (TPSA) is 54.6 Å². The maximum absolute atomic E-state index is 12.2. The molecule has 1 N–H and O–H groups in total. The van der Waals surface area contributed by atoms with Crippen molar-refractivity contribution in [2.75, 3.05) is 26.8 Å². The second-order valence-electron chi connectivity index (χ2n) is 7.32. The monoisotopic (exact) mass is 338 g/mol. The van der Waals surface area contributed by atoms with Gasteiger partial charge in [-0.2, -0.15) is 0 Å². The third kappa shape index (κ3) is 2.22. The molecule has 25 heavy (non-hydrogen) atoms. The van der Waals surface area contributed by atoms with Crippen molar-refractivity contribution in [1.29, 1.82) is 0 Å². The summed E-state index contributed by atoms with van der Waals surface area (Å²) in [6, 6.07) is 8.88. The van der Waals surface area contributed by atoms with Gasteiger partial charge in [-0.3, -0.25) is 4.90 Å². The molecule has 0 unspecified atom stereocenters. The molecule has 4 heterocycles. The lowest BCUT2D eigenvalue weighted by molar-refractivity contribution is -0.138. The fraction of sp³-hybridized carbons (Fsp3) is 0.450. The smallest absolute Gasteiger partial charge is 0.337 e. The molecule has 5 heteroatoms. The van der Waals surface area contributed by atoms with Gasteiger partial charge in [0.25, 0.3) is 0 Å². The predicted molar refractivity (Wildman–Crippen MR) is 94.0 cm³/mol. The van der Waals surface area contributed by atoms with Gasteiger partial charge in [0.1, 0.15) is 0 Å². The Morgan fingerprint density at radius 1 is 1.36 bits per heavy atom. The van der Waals surface area contributed by atoms with Crippen molar-refractivity contribution in [3.05, 3.63) is 47.4 Å². The van der Waals surface area contributed by atoms with Gasteiger partial charge in [-0.15, -0.1) is 0 Å². The van der Waals surface area contributed by atoms with Crippen molar-refractivity contribution in [1.82, 2.24) is 9.88 Å². The molecule has 130 valence electrons. The number of fused-ring (bicyclic) bond motifs is 6. The molecular weight excluding hydrogens is 316 g/mol. The Hall–Kier alpha value is -2.27. The molecule has 1 saturated heterocycles. The first-order valence-electron chi connectivity index (χ1n) is 8.99. The molecular formula is C20H22N2O3. The van der Waals surface area contributed by atoms with Crippen LogP contribution in [0.15, 0.2) is 36.1 Å². The second kappa shape index (κ2) is 5.63. The highest BCUT2D eigenvalue weighted by molar-refractivity contribution is 5.89. The summed E-state index contributed by atoms with van der Waals surface area (Å²) in [5.41, 5.74) is 4.70. The van der Waals surface area contributed by atoms with Gasteiger partial charge in [-0.1, -0.05) is 18.2 Å². The molecule has 0 aliphatic carbocycles. The van der Waals surface area contributed by atoms with Crippen molar-refractivity contribution >= 4 is 16.9 Å². The summed E-state index contributed by atoms with van der Waals surface area (Å²) in [5.74, 6) is 0.317. The van der Waals surface area contributed by atoms with Gasteiger partial charge < -0.3 is 14.5 Å². The number of nitrogens with zero attached hydrogens (tertiary/aromatic N) is 1. The van der Waals surface area contributed by atoms with E-state index < -0.39 is 0 Å². The van der Waals surface area contributed by atoms with E-state index in [9.17, 15) is 4.79 Å². The Labute approximate surface area is 146 Å². The number of methoxy groups -OCH3 is 1. The van der Waals surface area contributed by atoms with E-state index in [2.05, 4.69) is 34.1 Å². The van der Waals surface area contributed by atoms with E-state index in [0.717, 1.165) is 25.9 Å². The molecule has 0 spiro atoms. The third-order valence-corrected chi connectivity index (χ3v) is 6.13. The van der Waals surface area contributed by atoms with Crippen LogP contribution in [0.1, 0.15) is 23.7 Å². The van der Waals surface area contributed by atoms with Gasteiger partial charge in [0.2, 0.25) is 0 Å². The summed E-state index contributed by atoms with van der Waals surface area (Å²) >= 11 is 0. The van der Waals surface area contributed by atoms with E-state index in [4.69, 9.17) is 9.47 Å². The first-order valence-corrected chi connectivity index (χ1v) is 8.99. The Bertz CT molecular complexity index is 869. The number of hydrogen-bond donors (Lipinski definition) is 1. The normalized spacial score (nSPS) is 28.4. The number of piperidine rings is 1. The number of esters is 1. The fourth-order valence-corrected chi connectivity index (χ4v) is 4.93. The molecule has 1 fully saturated rings. The van der Waals surface area contributed by atoms with Crippen LogP contribution < -0.4 is 0 Å². The Balaban J connectivity index is 1.54. The summed E-state index contributed by atoms with van der Waals surface area (Å²) in [6.07, 6.45) is 3.64. The van der Waals surface area contributed by atoms with E-state index in [0.29, 0.717) is 24.1 Å². The zero-order valence-corrected chi connectivity index (χ0v) is 14.3. The van der Waals surface area contributed by atoms with Gasteiger partial charge in [0, 0.05) is 41.5 Å². The number of benzene rings is 1. The SMILES string of the molecule is COC(=O)C1=COC[C@H]2CN3CCc4c([nH]c5ccccc45)[C@@H]3C[C@@H]12. The van der Waals surface area contributed by atoms with E-state index in [1.807, 2.05) is 0 Å². The molecule has 0 amide bonds. The molecule has 5 nitrogen and oxygen atoms in total. The van der Waals surface area contributed by atoms with Crippen LogP contribution in [0.5, 0.6) is 0 Å². The number of nitrogens with one attached hydrogen (secondary N) is 1. The minimum Gasteiger partial charge on any atom is -0.500 e. The number of H-pyrrole nitrogens is 1. The van der Waals surface area contributed by atoms with Crippen LogP contribution >= 0.6 is 0 Å². The van der Waals surface area contributed by atoms with E-state index >= 15 is 0 Å². The van der Waals surface area contributed by atoms with Crippen LogP contribution in [0.2, 0.25) is 0 Å². The molecule has 3 aliphatic rings. The lowest BCUT2D eigenvalue weighted by Gasteiger charge is -2.47. The third-order valence-electron chi connectivity index (χ3n) is 6.13. The molecule has 0 saturated carbocycles. The van der Waals surface area contributed by atoms with E-state index in [-0.39, 0.29) is 11.9 Å². The number of para-hydroxylation sites is 1. The van der Waals surface area contributed by atoms with Gasteiger partial charge in [0.15, 0.2) is 0 Å². The molecule has 0 radical (unpaired) electrons. The zero-order valence-electron chi connectivity index (χ0n) is 14.3. The van der Waals surface area contributed by atoms with Crippen LogP contribution in [0, 0.1) is 11.8 Å². The van der Waals surface area contributed by atoms with E-state index in [1.165, 1.54) is 29.3 Å². The highest BCUT2D eigenvalue weighted by atomic mass is 16.5. The highest BCUT2D eigenvalue weighted by Gasteiger charge is 2.44. The lowest BCUT2D eigenvalue weighted by Crippen LogP contribution is -2.49. The molecule has 3 atom stereocenters. The average Bonchev–Trinajstić information content (AvgIpc) is 3.04. The highest BCUT2D eigenvalue weighted by Crippen LogP contribution is 2.46. The first kappa shape index (κ1) is 15.0. The molecule has 2 aromatic rings. The van der Waals surface area contributed by atoms with Crippen LogP contribution in [0.3, 0.4) is 0 Å². The van der Waals surface area contributed by atoms with Crippen molar-refractivity contribution < 1.29 is 14.3 Å². The first-order chi connectivity index (χ1) is 12.3. The fourth-order valence-electron chi connectivity index (χ4n) is 4.93. The maximum Gasteiger partial charge on any atom is 0.337 e. The summed E-state index contributed by atoms with van der Waals surface area (Å²) in [4.78, 5) is 18.4. The summed E-state index contributed by atoms with van der Waals surface area (Å²) in [5, 5.41) is 1.34. The number of carbonyl (C=O) groups excluding carboxylic acids is 1. The molecule has 5 rings (SSSR count).